The summed E-state index contributed by atoms with van der Waals surface area (Å²) in [6.07, 6.45) is 3.19. The molecule has 4 rings (SSSR count). The van der Waals surface area contributed by atoms with Crippen LogP contribution in [0.1, 0.15) is 18.5 Å². The van der Waals surface area contributed by atoms with Crippen molar-refractivity contribution in [2.75, 3.05) is 44.7 Å². The van der Waals surface area contributed by atoms with Gasteiger partial charge in [-0.1, -0.05) is 18.2 Å². The molecule has 0 saturated carbocycles. The molecule has 9 nitrogen and oxygen atoms in total. The fourth-order valence-electron chi connectivity index (χ4n) is 4.33. The number of nitro groups is 1. The Labute approximate surface area is 192 Å². The van der Waals surface area contributed by atoms with Gasteiger partial charge in [0, 0.05) is 61.3 Å². The lowest BCUT2D eigenvalue weighted by molar-refractivity contribution is -0.383. The Kier molecular flexibility index (Phi) is 6.69. The van der Waals surface area contributed by atoms with Gasteiger partial charge in [0.15, 0.2) is 0 Å². The van der Waals surface area contributed by atoms with Gasteiger partial charge in [0.25, 0.3) is 5.69 Å². The predicted octanol–water partition coefficient (Wildman–Crippen LogP) is 3.15. The lowest BCUT2D eigenvalue weighted by Crippen LogP contribution is -2.49. The molecule has 2 heterocycles. The molecule has 1 aliphatic rings. The minimum Gasteiger partial charge on any atom is -0.496 e. The topological polar surface area (TPSA) is 101 Å². The van der Waals surface area contributed by atoms with E-state index in [2.05, 4.69) is 20.1 Å². The molecule has 1 aliphatic heterocycles. The van der Waals surface area contributed by atoms with Crippen LogP contribution in [-0.4, -0.2) is 60.5 Å². The van der Waals surface area contributed by atoms with Crippen molar-refractivity contribution in [3.8, 4) is 5.75 Å². The number of anilines is 1. The number of rotatable bonds is 7. The number of fused-ring (bicyclic) bond motifs is 1. The highest BCUT2D eigenvalue weighted by atomic mass is 16.6. The van der Waals surface area contributed by atoms with Crippen molar-refractivity contribution in [3.05, 3.63) is 70.5 Å². The zero-order valence-electron chi connectivity index (χ0n) is 18.7. The Bertz CT molecular complexity index is 1160. The highest BCUT2D eigenvalue weighted by molar-refractivity contribution is 5.99. The standard InChI is InChI=1S/C24H27N5O4/c1-17(18-5-3-4-6-23(18)33-2)26-24(30)16-27-11-13-28(14-12-27)21-7-8-22(29(31)32)20-15-25-10-9-19(20)21/h3-10,15,17H,11-14,16H2,1-2H3,(H,26,30)/t17-/m1/s1. The van der Waals surface area contributed by atoms with Gasteiger partial charge >= 0.3 is 0 Å². The number of hydrogen-bond donors (Lipinski definition) is 1. The van der Waals surface area contributed by atoms with Crippen LogP contribution in [-0.2, 0) is 4.79 Å². The van der Waals surface area contributed by atoms with E-state index in [9.17, 15) is 14.9 Å². The summed E-state index contributed by atoms with van der Waals surface area (Å²) in [6.45, 7) is 5.16. The Balaban J connectivity index is 1.37. The van der Waals surface area contributed by atoms with Crippen LogP contribution in [0.15, 0.2) is 54.9 Å². The number of carbonyl (C=O) groups excluding carboxylic acids is 1. The van der Waals surface area contributed by atoms with Gasteiger partial charge in [0.2, 0.25) is 5.91 Å². The summed E-state index contributed by atoms with van der Waals surface area (Å²) in [4.78, 5) is 32.0. The van der Waals surface area contributed by atoms with Crippen LogP contribution in [0.3, 0.4) is 0 Å². The molecule has 1 aromatic heterocycles. The van der Waals surface area contributed by atoms with Crippen molar-refractivity contribution < 1.29 is 14.5 Å². The maximum Gasteiger partial charge on any atom is 0.278 e. The number of piperazine rings is 1. The Morgan fingerprint density at radius 3 is 2.64 bits per heavy atom. The second-order valence-electron chi connectivity index (χ2n) is 8.08. The van der Waals surface area contributed by atoms with Gasteiger partial charge in [-0.15, -0.1) is 0 Å². The van der Waals surface area contributed by atoms with Crippen LogP contribution in [0.25, 0.3) is 10.8 Å². The second kappa shape index (κ2) is 9.83. The summed E-state index contributed by atoms with van der Waals surface area (Å²) < 4.78 is 5.39. The Morgan fingerprint density at radius 1 is 1.15 bits per heavy atom. The van der Waals surface area contributed by atoms with Crippen molar-refractivity contribution in [1.29, 1.82) is 0 Å². The van der Waals surface area contributed by atoms with Crippen LogP contribution in [0.5, 0.6) is 5.75 Å². The predicted molar refractivity (Wildman–Crippen MR) is 127 cm³/mol. The third-order valence-corrected chi connectivity index (χ3v) is 6.03. The zero-order chi connectivity index (χ0) is 23.4. The molecule has 1 fully saturated rings. The number of pyridine rings is 1. The summed E-state index contributed by atoms with van der Waals surface area (Å²) in [5.41, 5.74) is 1.95. The van der Waals surface area contributed by atoms with E-state index in [-0.39, 0.29) is 22.6 Å². The molecule has 9 heteroatoms. The first-order valence-corrected chi connectivity index (χ1v) is 10.9. The normalized spacial score (nSPS) is 15.3. The summed E-state index contributed by atoms with van der Waals surface area (Å²) in [5.74, 6) is 0.721. The molecule has 172 valence electrons. The Hall–Kier alpha value is -3.72. The van der Waals surface area contributed by atoms with Gasteiger partial charge in [0.05, 0.1) is 30.0 Å². The first kappa shape index (κ1) is 22.5. The quantitative estimate of drug-likeness (QED) is 0.437. The lowest BCUT2D eigenvalue weighted by atomic mass is 10.1. The fourth-order valence-corrected chi connectivity index (χ4v) is 4.33. The van der Waals surface area contributed by atoms with Crippen molar-refractivity contribution >= 4 is 28.1 Å². The second-order valence-corrected chi connectivity index (χ2v) is 8.08. The lowest BCUT2D eigenvalue weighted by Gasteiger charge is -2.36. The minimum atomic E-state index is -0.379. The zero-order valence-corrected chi connectivity index (χ0v) is 18.7. The number of nitrogens with one attached hydrogen (secondary N) is 1. The van der Waals surface area contributed by atoms with Crippen molar-refractivity contribution in [3.63, 3.8) is 0 Å². The summed E-state index contributed by atoms with van der Waals surface area (Å²) >= 11 is 0. The SMILES string of the molecule is COc1ccccc1[C@@H](C)NC(=O)CN1CCN(c2ccc([N+](=O)[O-])c3cnccc23)CC1. The number of nitro benzene ring substituents is 1. The van der Waals surface area contributed by atoms with Gasteiger partial charge in [-0.25, -0.2) is 0 Å². The first-order valence-electron chi connectivity index (χ1n) is 10.9. The van der Waals surface area contributed by atoms with E-state index in [0.717, 1.165) is 48.6 Å². The number of benzene rings is 2. The molecule has 0 spiro atoms. The Morgan fingerprint density at radius 2 is 1.91 bits per heavy atom. The van der Waals surface area contributed by atoms with Gasteiger partial charge in [0.1, 0.15) is 5.75 Å². The van der Waals surface area contributed by atoms with E-state index < -0.39 is 0 Å². The number of aromatic nitrogens is 1. The van der Waals surface area contributed by atoms with E-state index in [4.69, 9.17) is 4.74 Å². The van der Waals surface area contributed by atoms with E-state index in [1.54, 1.807) is 31.6 Å². The maximum absolute atomic E-state index is 12.6. The fraction of sp³-hybridized carbons (Fsp3) is 0.333. The number of methoxy groups -OCH3 is 1. The van der Waals surface area contributed by atoms with Crippen molar-refractivity contribution in [2.45, 2.75) is 13.0 Å². The number of carbonyl (C=O) groups is 1. The third-order valence-electron chi connectivity index (χ3n) is 6.03. The largest absolute Gasteiger partial charge is 0.496 e. The summed E-state index contributed by atoms with van der Waals surface area (Å²) in [6, 6.07) is 12.7. The van der Waals surface area contributed by atoms with Crippen LogP contribution in [0.2, 0.25) is 0 Å². The number of ether oxygens (including phenoxy) is 1. The smallest absolute Gasteiger partial charge is 0.278 e. The van der Waals surface area contributed by atoms with Crippen LogP contribution >= 0.6 is 0 Å². The van der Waals surface area contributed by atoms with E-state index >= 15 is 0 Å². The summed E-state index contributed by atoms with van der Waals surface area (Å²) in [7, 11) is 1.62. The molecule has 2 aromatic carbocycles. The molecule has 0 unspecified atom stereocenters. The van der Waals surface area contributed by atoms with Gasteiger partial charge in [-0.05, 0) is 25.1 Å². The number of hydrogen-bond acceptors (Lipinski definition) is 7. The highest BCUT2D eigenvalue weighted by Crippen LogP contribution is 2.33. The number of nitrogens with zero attached hydrogens (tertiary/aromatic N) is 4. The van der Waals surface area contributed by atoms with E-state index in [1.807, 2.05) is 37.3 Å². The van der Waals surface area contributed by atoms with Gasteiger partial charge < -0.3 is 15.0 Å². The molecular formula is C24H27N5O4. The van der Waals surface area contributed by atoms with Crippen molar-refractivity contribution in [1.82, 2.24) is 15.2 Å². The monoisotopic (exact) mass is 449 g/mol. The molecule has 0 radical (unpaired) electrons. The number of amides is 1. The molecule has 0 aliphatic carbocycles. The van der Waals surface area contributed by atoms with Gasteiger partial charge in [-0.2, -0.15) is 0 Å². The van der Waals surface area contributed by atoms with Crippen LogP contribution in [0, 0.1) is 10.1 Å². The van der Waals surface area contributed by atoms with Crippen molar-refractivity contribution in [2.24, 2.45) is 0 Å². The first-order chi connectivity index (χ1) is 16.0. The average Bonchev–Trinajstić information content (AvgIpc) is 2.83. The minimum absolute atomic E-state index is 0.0336. The maximum atomic E-state index is 12.6. The van der Waals surface area contributed by atoms with E-state index in [0.29, 0.717) is 11.9 Å². The molecule has 33 heavy (non-hydrogen) atoms. The number of para-hydroxylation sites is 1. The molecule has 1 atom stereocenters. The third kappa shape index (κ3) is 4.88. The molecule has 3 aromatic rings. The van der Waals surface area contributed by atoms with Crippen LogP contribution in [0.4, 0.5) is 11.4 Å². The molecular weight excluding hydrogens is 422 g/mol. The average molecular weight is 450 g/mol. The van der Waals surface area contributed by atoms with Gasteiger partial charge in [-0.3, -0.25) is 24.8 Å². The molecule has 1 amide bonds. The molecule has 0 bridgehead atoms. The highest BCUT2D eigenvalue weighted by Gasteiger charge is 2.23. The molecule has 1 saturated heterocycles. The molecule has 1 N–H and O–H groups in total. The van der Waals surface area contributed by atoms with E-state index in [1.165, 1.54) is 0 Å². The summed E-state index contributed by atoms with van der Waals surface area (Å²) in [5, 5.41) is 15.8. The number of non-ortho nitro benzene ring substituents is 1. The van der Waals surface area contributed by atoms with Crippen LogP contribution < -0.4 is 15.0 Å².